The Morgan fingerprint density at radius 2 is 1.89 bits per heavy atom. The highest BCUT2D eigenvalue weighted by atomic mass is 35.5. The maximum Gasteiger partial charge on any atom is 0.273 e. The summed E-state index contributed by atoms with van der Waals surface area (Å²) >= 11 is 12.8. The van der Waals surface area contributed by atoms with Crippen molar-refractivity contribution >= 4 is 39.9 Å². The van der Waals surface area contributed by atoms with E-state index in [1.54, 1.807) is 12.3 Å². The molecule has 2 aromatic carbocycles. The van der Waals surface area contributed by atoms with Crippen LogP contribution < -0.4 is 10.3 Å². The molecule has 4 rings (SSSR count). The highest BCUT2D eigenvalue weighted by Gasteiger charge is 2.27. The van der Waals surface area contributed by atoms with Crippen LogP contribution in [0, 0.1) is 6.92 Å². The summed E-state index contributed by atoms with van der Waals surface area (Å²) < 4.78 is 0. The van der Waals surface area contributed by atoms with E-state index in [9.17, 15) is 5.11 Å². The molecule has 0 radical (unpaired) electrons. The maximum atomic E-state index is 11.0. The van der Waals surface area contributed by atoms with Crippen molar-refractivity contribution in [3.8, 4) is 5.75 Å². The number of aromatic nitrogens is 2. The van der Waals surface area contributed by atoms with Gasteiger partial charge in [-0.1, -0.05) is 47.5 Å². The van der Waals surface area contributed by atoms with E-state index in [4.69, 9.17) is 23.2 Å². The third kappa shape index (κ3) is 3.49. The lowest BCUT2D eigenvalue weighted by atomic mass is 9.96. The van der Waals surface area contributed by atoms with Crippen LogP contribution in [0.5, 0.6) is 5.75 Å². The molecule has 0 unspecified atom stereocenters. The average molecular weight is 411 g/mol. The van der Waals surface area contributed by atoms with E-state index in [1.165, 1.54) is 0 Å². The van der Waals surface area contributed by atoms with Gasteiger partial charge in [-0.05, 0) is 36.8 Å². The number of phenols is 1. The van der Waals surface area contributed by atoms with Crippen LogP contribution in [0.1, 0.15) is 22.7 Å². The molecular formula is C22H18Cl2N3O+. The van der Waals surface area contributed by atoms with Crippen molar-refractivity contribution in [2.24, 2.45) is 0 Å². The molecular weight excluding hydrogens is 393 g/mol. The second kappa shape index (κ2) is 7.66. The van der Waals surface area contributed by atoms with E-state index < -0.39 is 6.04 Å². The number of aromatic hydroxyl groups is 1. The van der Waals surface area contributed by atoms with E-state index in [1.807, 2.05) is 61.7 Å². The van der Waals surface area contributed by atoms with Gasteiger partial charge in [0.1, 0.15) is 17.3 Å². The third-order valence-electron chi connectivity index (χ3n) is 4.64. The number of hydrogen-bond donors (Lipinski definition) is 2. The summed E-state index contributed by atoms with van der Waals surface area (Å²) in [4.78, 5) is 7.52. The molecule has 2 heterocycles. The first kappa shape index (κ1) is 18.5. The maximum absolute atomic E-state index is 11.0. The minimum absolute atomic E-state index is 0.110. The first-order valence-electron chi connectivity index (χ1n) is 8.80. The Morgan fingerprint density at radius 1 is 1.04 bits per heavy atom. The number of rotatable bonds is 4. The van der Waals surface area contributed by atoms with Gasteiger partial charge >= 0.3 is 0 Å². The van der Waals surface area contributed by atoms with Crippen molar-refractivity contribution < 1.29 is 10.1 Å². The Balaban J connectivity index is 1.90. The Morgan fingerprint density at radius 3 is 2.71 bits per heavy atom. The molecule has 1 atom stereocenters. The van der Waals surface area contributed by atoms with Crippen LogP contribution in [-0.4, -0.2) is 10.1 Å². The zero-order valence-electron chi connectivity index (χ0n) is 15.1. The fraction of sp³-hybridized carbons (Fsp3) is 0.0909. The van der Waals surface area contributed by atoms with Crippen molar-refractivity contribution in [3.63, 3.8) is 0 Å². The molecule has 0 saturated heterocycles. The Labute approximate surface area is 172 Å². The molecule has 0 aliphatic rings. The molecule has 0 aliphatic heterocycles. The Bertz CT molecular complexity index is 1160. The van der Waals surface area contributed by atoms with E-state index >= 15 is 0 Å². The van der Waals surface area contributed by atoms with Crippen molar-refractivity contribution in [1.29, 1.82) is 0 Å². The first-order chi connectivity index (χ1) is 13.5. The molecule has 0 fully saturated rings. The third-order valence-corrected chi connectivity index (χ3v) is 5.47. The van der Waals surface area contributed by atoms with Crippen molar-refractivity contribution in [2.75, 3.05) is 5.32 Å². The minimum atomic E-state index is -0.435. The Hall–Kier alpha value is -2.82. The van der Waals surface area contributed by atoms with E-state index in [0.29, 0.717) is 21.1 Å². The van der Waals surface area contributed by atoms with Gasteiger partial charge in [-0.25, -0.2) is 4.98 Å². The largest absolute Gasteiger partial charge is 0.505 e. The summed E-state index contributed by atoms with van der Waals surface area (Å²) in [7, 11) is 0. The van der Waals surface area contributed by atoms with Crippen LogP contribution in [0.4, 0.5) is 5.82 Å². The number of benzene rings is 2. The predicted molar refractivity (Wildman–Crippen MR) is 113 cm³/mol. The molecule has 140 valence electrons. The predicted octanol–water partition coefficient (Wildman–Crippen LogP) is 5.57. The van der Waals surface area contributed by atoms with Gasteiger partial charge in [0.05, 0.1) is 16.2 Å². The first-order valence-corrected chi connectivity index (χ1v) is 9.55. The van der Waals surface area contributed by atoms with Crippen molar-refractivity contribution in [1.82, 2.24) is 4.98 Å². The van der Waals surface area contributed by atoms with Gasteiger partial charge in [-0.3, -0.25) is 10.3 Å². The number of aryl methyl sites for hydroxylation is 1. The standard InChI is InChI=1S/C22H17Cl2N3O/c1-13-9-11-25-18(12-13)27-21(15-5-2-6-17(23)19(15)24)16-8-7-14-4-3-10-26-20(14)22(16)28/h2-12,21,28H,1H3,(H,25,27)/p+1/t21-/m0/s1. The molecule has 0 saturated carbocycles. The van der Waals surface area contributed by atoms with Crippen LogP contribution in [0.3, 0.4) is 0 Å². The molecule has 6 heteroatoms. The topological polar surface area (TPSA) is 59.3 Å². The monoisotopic (exact) mass is 410 g/mol. The number of pyridine rings is 2. The normalized spacial score (nSPS) is 12.1. The molecule has 4 aromatic rings. The van der Waals surface area contributed by atoms with Gasteiger partial charge in [0.15, 0.2) is 0 Å². The van der Waals surface area contributed by atoms with Gasteiger partial charge < -0.3 is 5.11 Å². The molecule has 2 aromatic heterocycles. The molecule has 28 heavy (non-hydrogen) atoms. The molecule has 0 amide bonds. The molecule has 4 nitrogen and oxygen atoms in total. The zero-order chi connectivity index (χ0) is 19.7. The van der Waals surface area contributed by atoms with E-state index in [-0.39, 0.29) is 5.75 Å². The van der Waals surface area contributed by atoms with Crippen LogP contribution >= 0.6 is 23.2 Å². The number of fused-ring (bicyclic) bond motifs is 1. The van der Waals surface area contributed by atoms with Crippen molar-refractivity contribution in [2.45, 2.75) is 13.0 Å². The van der Waals surface area contributed by atoms with Gasteiger partial charge in [0, 0.05) is 28.8 Å². The smallest absolute Gasteiger partial charge is 0.273 e. The SMILES string of the molecule is Cc1cc[nH+]c(N[C@@H](c2cccc(Cl)c2Cl)c2ccc3cccnc3c2O)c1. The summed E-state index contributed by atoms with van der Waals surface area (Å²) in [6.07, 6.45) is 3.52. The summed E-state index contributed by atoms with van der Waals surface area (Å²) in [5.74, 6) is 0.904. The number of nitrogens with zero attached hydrogens (tertiary/aromatic N) is 1. The number of nitrogens with one attached hydrogen (secondary N) is 2. The fourth-order valence-electron chi connectivity index (χ4n) is 3.26. The summed E-state index contributed by atoms with van der Waals surface area (Å²) in [6.45, 7) is 2.01. The minimum Gasteiger partial charge on any atom is -0.505 e. The lowest BCUT2D eigenvalue weighted by molar-refractivity contribution is -0.361. The number of anilines is 1. The summed E-state index contributed by atoms with van der Waals surface area (Å²) in [5.41, 5.74) is 3.06. The highest BCUT2D eigenvalue weighted by Crippen LogP contribution is 2.40. The summed E-state index contributed by atoms with van der Waals surface area (Å²) in [5, 5.41) is 16.2. The van der Waals surface area contributed by atoms with Gasteiger partial charge in [0.2, 0.25) is 0 Å². The summed E-state index contributed by atoms with van der Waals surface area (Å²) in [6, 6.07) is 16.6. The molecule has 0 bridgehead atoms. The van der Waals surface area contributed by atoms with Crippen LogP contribution in [0.25, 0.3) is 10.9 Å². The van der Waals surface area contributed by atoms with Gasteiger partial charge in [-0.15, -0.1) is 0 Å². The van der Waals surface area contributed by atoms with Gasteiger partial charge in [-0.2, -0.15) is 0 Å². The molecule has 0 aliphatic carbocycles. The number of hydrogen-bond acceptors (Lipinski definition) is 3. The second-order valence-corrected chi connectivity index (χ2v) is 7.36. The second-order valence-electron chi connectivity index (χ2n) is 6.58. The van der Waals surface area contributed by atoms with Crippen molar-refractivity contribution in [3.05, 3.63) is 93.7 Å². The number of aromatic amines is 1. The Kier molecular flexibility index (Phi) is 5.07. The van der Waals surface area contributed by atoms with E-state index in [0.717, 1.165) is 22.3 Å². The average Bonchev–Trinajstić information content (AvgIpc) is 2.69. The molecule has 0 spiro atoms. The quantitative estimate of drug-likeness (QED) is 0.462. The van der Waals surface area contributed by atoms with Crippen LogP contribution in [0.15, 0.2) is 67.0 Å². The number of H-pyrrole nitrogens is 1. The highest BCUT2D eigenvalue weighted by molar-refractivity contribution is 6.42. The lowest BCUT2D eigenvalue weighted by Gasteiger charge is -2.19. The fourth-order valence-corrected chi connectivity index (χ4v) is 3.68. The van der Waals surface area contributed by atoms with E-state index in [2.05, 4.69) is 15.3 Å². The zero-order valence-corrected chi connectivity index (χ0v) is 16.6. The lowest BCUT2D eigenvalue weighted by Crippen LogP contribution is -2.19. The number of halogens is 2. The molecule has 3 N–H and O–H groups in total. The van der Waals surface area contributed by atoms with Gasteiger partial charge in [0.25, 0.3) is 5.82 Å². The number of phenolic OH excluding ortho intramolecular Hbond substituents is 1. The van der Waals surface area contributed by atoms with Crippen LogP contribution in [-0.2, 0) is 0 Å². The van der Waals surface area contributed by atoms with Crippen LogP contribution in [0.2, 0.25) is 10.0 Å².